The molecular weight excluding hydrogens is 390 g/mol. The van der Waals surface area contributed by atoms with Crippen LogP contribution in [0.4, 0.5) is 0 Å². The standard InChI is InChI=1S/C10H16BrN3O3S2.ClH/c1-7(4-12)5-13-9(15)6-14-19(16,17)10-3-2-8(11)18-10;/h2-3,7,14H,4-6,12H2,1H3,(H,13,15);1H. The third kappa shape index (κ3) is 6.51. The van der Waals surface area contributed by atoms with Crippen LogP contribution in [0.1, 0.15) is 6.92 Å². The molecule has 0 spiro atoms. The van der Waals surface area contributed by atoms with E-state index in [-0.39, 0.29) is 35.0 Å². The Kier molecular flexibility index (Phi) is 8.87. The van der Waals surface area contributed by atoms with Crippen molar-refractivity contribution in [3.63, 3.8) is 0 Å². The van der Waals surface area contributed by atoms with E-state index < -0.39 is 10.0 Å². The lowest BCUT2D eigenvalue weighted by Gasteiger charge is -2.10. The van der Waals surface area contributed by atoms with Gasteiger partial charge >= 0.3 is 0 Å². The molecule has 0 saturated heterocycles. The summed E-state index contributed by atoms with van der Waals surface area (Å²) >= 11 is 4.27. The van der Waals surface area contributed by atoms with Crippen LogP contribution in [-0.2, 0) is 14.8 Å². The smallest absolute Gasteiger partial charge is 0.250 e. The molecule has 0 saturated carbocycles. The molecule has 0 fully saturated rings. The van der Waals surface area contributed by atoms with E-state index in [9.17, 15) is 13.2 Å². The second-order valence-corrected chi connectivity index (χ2v) is 8.48. The number of sulfonamides is 1. The minimum absolute atomic E-state index is 0. The number of hydrogen-bond acceptors (Lipinski definition) is 5. The maximum atomic E-state index is 11.8. The number of nitrogens with two attached hydrogens (primary N) is 1. The van der Waals surface area contributed by atoms with E-state index in [1.54, 1.807) is 6.07 Å². The van der Waals surface area contributed by atoms with E-state index in [2.05, 4.69) is 26.0 Å². The summed E-state index contributed by atoms with van der Waals surface area (Å²) in [6.07, 6.45) is 0. The van der Waals surface area contributed by atoms with Gasteiger partial charge in [-0.3, -0.25) is 4.79 Å². The first kappa shape index (κ1) is 19.8. The molecule has 0 aliphatic heterocycles. The molecule has 0 aromatic carbocycles. The SMILES string of the molecule is CC(CN)CNC(=O)CNS(=O)(=O)c1ccc(Br)s1.Cl. The Labute approximate surface area is 137 Å². The topological polar surface area (TPSA) is 101 Å². The predicted octanol–water partition coefficient (Wildman–Crippen LogP) is 0.922. The summed E-state index contributed by atoms with van der Waals surface area (Å²) in [7, 11) is -3.63. The number of carbonyl (C=O) groups excluding carboxylic acids is 1. The molecule has 0 radical (unpaired) electrons. The highest BCUT2D eigenvalue weighted by molar-refractivity contribution is 9.11. The Morgan fingerprint density at radius 2 is 2.15 bits per heavy atom. The normalized spacial score (nSPS) is 12.6. The van der Waals surface area contributed by atoms with Crippen molar-refractivity contribution in [2.24, 2.45) is 11.7 Å². The fraction of sp³-hybridized carbons (Fsp3) is 0.500. The van der Waals surface area contributed by atoms with Gasteiger partial charge in [-0.2, -0.15) is 0 Å². The Balaban J connectivity index is 0.00000361. The summed E-state index contributed by atoms with van der Waals surface area (Å²) < 4.78 is 26.8. The zero-order valence-electron chi connectivity index (χ0n) is 10.8. The first-order chi connectivity index (χ1) is 8.85. The monoisotopic (exact) mass is 405 g/mol. The van der Waals surface area contributed by atoms with Crippen LogP contribution in [0.15, 0.2) is 20.1 Å². The van der Waals surface area contributed by atoms with Crippen molar-refractivity contribution in [2.45, 2.75) is 11.1 Å². The van der Waals surface area contributed by atoms with Gasteiger partial charge < -0.3 is 11.1 Å². The molecule has 1 aromatic heterocycles. The first-order valence-electron chi connectivity index (χ1n) is 5.57. The number of hydrogen-bond donors (Lipinski definition) is 3. The van der Waals surface area contributed by atoms with Crippen LogP contribution in [0.2, 0.25) is 0 Å². The van der Waals surface area contributed by atoms with Gasteiger partial charge in [-0.1, -0.05) is 6.92 Å². The Bertz CT molecular complexity index is 536. The van der Waals surface area contributed by atoms with Crippen LogP contribution in [-0.4, -0.2) is 34.0 Å². The fourth-order valence-electron chi connectivity index (χ4n) is 1.11. The number of halogens is 2. The second kappa shape index (κ2) is 8.96. The van der Waals surface area contributed by atoms with E-state index in [0.717, 1.165) is 11.3 Å². The highest BCUT2D eigenvalue weighted by Gasteiger charge is 2.17. The highest BCUT2D eigenvalue weighted by Crippen LogP contribution is 2.25. The molecule has 20 heavy (non-hydrogen) atoms. The zero-order valence-corrected chi connectivity index (χ0v) is 14.8. The molecule has 1 amide bonds. The second-order valence-electron chi connectivity index (χ2n) is 4.03. The molecule has 1 aromatic rings. The molecule has 1 rings (SSSR count). The van der Waals surface area contributed by atoms with Crippen molar-refractivity contribution in [1.82, 2.24) is 10.0 Å². The van der Waals surface area contributed by atoms with Crippen LogP contribution in [0.3, 0.4) is 0 Å². The van der Waals surface area contributed by atoms with Crippen LogP contribution in [0.25, 0.3) is 0 Å². The number of nitrogens with one attached hydrogen (secondary N) is 2. The van der Waals surface area contributed by atoms with Gasteiger partial charge in [0.15, 0.2) is 0 Å². The molecule has 6 nitrogen and oxygen atoms in total. The summed E-state index contributed by atoms with van der Waals surface area (Å²) in [5.74, 6) is -0.215. The van der Waals surface area contributed by atoms with Crippen molar-refractivity contribution in [3.05, 3.63) is 15.9 Å². The minimum Gasteiger partial charge on any atom is -0.355 e. The van der Waals surface area contributed by atoms with Crippen molar-refractivity contribution in [1.29, 1.82) is 0 Å². The molecule has 1 unspecified atom stereocenters. The molecule has 0 aliphatic rings. The molecule has 116 valence electrons. The summed E-state index contributed by atoms with van der Waals surface area (Å²) in [6, 6.07) is 3.12. The van der Waals surface area contributed by atoms with Gasteiger partial charge in [0.05, 0.1) is 10.3 Å². The Morgan fingerprint density at radius 1 is 1.50 bits per heavy atom. The zero-order chi connectivity index (χ0) is 14.5. The Hall–Kier alpha value is -0.190. The van der Waals surface area contributed by atoms with Gasteiger partial charge in [-0.15, -0.1) is 23.7 Å². The van der Waals surface area contributed by atoms with Crippen LogP contribution in [0, 0.1) is 5.92 Å². The molecule has 0 bridgehead atoms. The van der Waals surface area contributed by atoms with Crippen molar-refractivity contribution >= 4 is 55.6 Å². The molecule has 4 N–H and O–H groups in total. The van der Waals surface area contributed by atoms with E-state index in [1.165, 1.54) is 6.07 Å². The third-order valence-corrected chi connectivity index (χ3v) is 5.80. The minimum atomic E-state index is -3.63. The van der Waals surface area contributed by atoms with Crippen LogP contribution >= 0.6 is 39.7 Å². The van der Waals surface area contributed by atoms with Gasteiger partial charge in [-0.05, 0) is 40.5 Å². The van der Waals surface area contributed by atoms with Crippen molar-refractivity contribution < 1.29 is 13.2 Å². The van der Waals surface area contributed by atoms with Gasteiger partial charge in [0.1, 0.15) is 4.21 Å². The maximum absolute atomic E-state index is 11.8. The first-order valence-corrected chi connectivity index (χ1v) is 8.66. The number of carbonyl (C=O) groups is 1. The quantitative estimate of drug-likeness (QED) is 0.626. The van der Waals surface area contributed by atoms with E-state index in [4.69, 9.17) is 5.73 Å². The molecule has 10 heteroatoms. The average Bonchev–Trinajstić information content (AvgIpc) is 2.81. The summed E-state index contributed by atoms with van der Waals surface area (Å²) in [5, 5.41) is 2.61. The number of amides is 1. The largest absolute Gasteiger partial charge is 0.355 e. The highest BCUT2D eigenvalue weighted by atomic mass is 79.9. The van der Waals surface area contributed by atoms with E-state index in [1.807, 2.05) is 6.92 Å². The maximum Gasteiger partial charge on any atom is 0.250 e. The summed E-state index contributed by atoms with van der Waals surface area (Å²) in [5.41, 5.74) is 5.41. The van der Waals surface area contributed by atoms with Gasteiger partial charge in [-0.25, -0.2) is 13.1 Å². The van der Waals surface area contributed by atoms with Crippen LogP contribution < -0.4 is 15.8 Å². The molecule has 1 heterocycles. The third-order valence-electron chi connectivity index (χ3n) is 2.29. The molecule has 1 atom stereocenters. The summed E-state index contributed by atoms with van der Waals surface area (Å²) in [4.78, 5) is 11.5. The van der Waals surface area contributed by atoms with E-state index >= 15 is 0 Å². The van der Waals surface area contributed by atoms with E-state index in [0.29, 0.717) is 16.9 Å². The predicted molar refractivity (Wildman–Crippen MR) is 85.7 cm³/mol. The lowest BCUT2D eigenvalue weighted by Crippen LogP contribution is -2.39. The van der Waals surface area contributed by atoms with Crippen molar-refractivity contribution in [2.75, 3.05) is 19.6 Å². The molecular formula is C10H17BrClN3O3S2. The van der Waals surface area contributed by atoms with Crippen LogP contribution in [0.5, 0.6) is 0 Å². The number of rotatable bonds is 7. The summed E-state index contributed by atoms with van der Waals surface area (Å²) in [6.45, 7) is 2.51. The van der Waals surface area contributed by atoms with Crippen molar-refractivity contribution in [3.8, 4) is 0 Å². The Morgan fingerprint density at radius 3 is 2.65 bits per heavy atom. The average molecular weight is 407 g/mol. The lowest BCUT2D eigenvalue weighted by atomic mass is 10.2. The number of thiophene rings is 1. The fourth-order valence-corrected chi connectivity index (χ4v) is 4.14. The van der Waals surface area contributed by atoms with Gasteiger partial charge in [0, 0.05) is 6.54 Å². The van der Waals surface area contributed by atoms with Gasteiger partial charge in [0.2, 0.25) is 5.91 Å². The molecule has 0 aliphatic carbocycles. The lowest BCUT2D eigenvalue weighted by molar-refractivity contribution is -0.120. The van der Waals surface area contributed by atoms with Gasteiger partial charge in [0.25, 0.3) is 10.0 Å².